The molecule has 1 N–H and O–H groups in total. The van der Waals surface area contributed by atoms with E-state index in [0.29, 0.717) is 16.0 Å². The van der Waals surface area contributed by atoms with Gasteiger partial charge in [-0.15, -0.1) is 34.0 Å². The number of carbonyl (C=O) groups excluding carboxylic acids is 2. The summed E-state index contributed by atoms with van der Waals surface area (Å²) in [7, 11) is 0. The average molecular weight is 486 g/mol. The smallest absolute Gasteiger partial charge is 0.341 e. The number of anilines is 1. The maximum atomic E-state index is 13.0. The Hall–Kier alpha value is -2.82. The van der Waals surface area contributed by atoms with Gasteiger partial charge >= 0.3 is 5.97 Å². The molecule has 4 aromatic rings. The Morgan fingerprint density at radius 2 is 2.16 bits per heavy atom. The van der Waals surface area contributed by atoms with E-state index in [0.717, 1.165) is 40.1 Å². The van der Waals surface area contributed by atoms with E-state index >= 15 is 0 Å². The standard InChI is InChI=1S/C22H19N3O4S3/c1-2-29-22(28)18-13(14-7-4-8-30-14)10-31-20(18)24-16(26)9-25-11-23-19-17(21(25)27)12-5-3-6-15(12)32-19/h4,7-8,10-11H,2-3,5-6,9H2,1H3,(H,24,26). The first-order valence-electron chi connectivity index (χ1n) is 10.2. The fourth-order valence-electron chi connectivity index (χ4n) is 3.92. The molecule has 0 fully saturated rings. The molecule has 0 aliphatic heterocycles. The molecule has 32 heavy (non-hydrogen) atoms. The molecular formula is C22H19N3O4S3. The molecule has 0 bridgehead atoms. The predicted molar refractivity (Wildman–Crippen MR) is 128 cm³/mol. The van der Waals surface area contributed by atoms with E-state index in [-0.39, 0.29) is 18.7 Å². The van der Waals surface area contributed by atoms with Gasteiger partial charge in [0.2, 0.25) is 5.91 Å². The quantitative estimate of drug-likeness (QED) is 0.405. The monoisotopic (exact) mass is 485 g/mol. The maximum absolute atomic E-state index is 13.0. The summed E-state index contributed by atoms with van der Waals surface area (Å²) in [4.78, 5) is 45.8. The molecule has 4 heterocycles. The molecule has 0 unspecified atom stereocenters. The summed E-state index contributed by atoms with van der Waals surface area (Å²) in [6.45, 7) is 1.79. The highest BCUT2D eigenvalue weighted by Gasteiger charge is 2.24. The fourth-order valence-corrected chi connectivity index (χ4v) is 6.93. The van der Waals surface area contributed by atoms with E-state index in [9.17, 15) is 14.4 Å². The van der Waals surface area contributed by atoms with Gasteiger partial charge in [0, 0.05) is 20.7 Å². The fraction of sp³-hybridized carbons (Fsp3) is 0.273. The number of hydrogen-bond acceptors (Lipinski definition) is 8. The number of fused-ring (bicyclic) bond motifs is 3. The lowest BCUT2D eigenvalue weighted by molar-refractivity contribution is -0.116. The van der Waals surface area contributed by atoms with Crippen LogP contribution in [0.4, 0.5) is 5.00 Å². The van der Waals surface area contributed by atoms with Crippen LogP contribution < -0.4 is 10.9 Å². The van der Waals surface area contributed by atoms with Gasteiger partial charge in [0.15, 0.2) is 0 Å². The first-order valence-corrected chi connectivity index (χ1v) is 12.8. The topological polar surface area (TPSA) is 90.3 Å². The van der Waals surface area contributed by atoms with Crippen LogP contribution in [0.15, 0.2) is 34.0 Å². The van der Waals surface area contributed by atoms with Crippen molar-refractivity contribution in [1.82, 2.24) is 9.55 Å². The van der Waals surface area contributed by atoms with Crippen molar-refractivity contribution in [3.63, 3.8) is 0 Å². The van der Waals surface area contributed by atoms with Gasteiger partial charge in [-0.3, -0.25) is 14.2 Å². The van der Waals surface area contributed by atoms with Gasteiger partial charge in [-0.25, -0.2) is 9.78 Å². The number of amides is 1. The number of nitrogens with one attached hydrogen (secondary N) is 1. The first-order chi connectivity index (χ1) is 15.6. The summed E-state index contributed by atoms with van der Waals surface area (Å²) in [5.41, 5.74) is 1.96. The van der Waals surface area contributed by atoms with Crippen molar-refractivity contribution >= 4 is 61.1 Å². The van der Waals surface area contributed by atoms with Crippen molar-refractivity contribution in [2.45, 2.75) is 32.7 Å². The Bertz CT molecular complexity index is 1380. The minimum Gasteiger partial charge on any atom is -0.462 e. The molecule has 1 aliphatic carbocycles. The van der Waals surface area contributed by atoms with Crippen molar-refractivity contribution in [3.05, 3.63) is 55.6 Å². The molecule has 1 aliphatic rings. The molecule has 0 atom stereocenters. The van der Waals surface area contributed by atoms with E-state index in [4.69, 9.17) is 4.74 Å². The van der Waals surface area contributed by atoms with Gasteiger partial charge in [-0.05, 0) is 43.2 Å². The second-order valence-corrected chi connectivity index (χ2v) is 10.2. The average Bonchev–Trinajstić information content (AvgIpc) is 3.53. The Balaban J connectivity index is 1.43. The number of nitrogens with zero attached hydrogens (tertiary/aromatic N) is 2. The van der Waals surface area contributed by atoms with E-state index in [1.54, 1.807) is 18.3 Å². The number of rotatable bonds is 6. The lowest BCUT2D eigenvalue weighted by Gasteiger charge is -2.09. The molecule has 0 radical (unpaired) electrons. The van der Waals surface area contributed by atoms with Crippen LogP contribution in [-0.4, -0.2) is 28.0 Å². The van der Waals surface area contributed by atoms with E-state index in [2.05, 4.69) is 10.3 Å². The molecule has 0 aromatic carbocycles. The van der Waals surface area contributed by atoms with E-state index < -0.39 is 11.9 Å². The van der Waals surface area contributed by atoms with Crippen molar-refractivity contribution < 1.29 is 14.3 Å². The van der Waals surface area contributed by atoms with Crippen LogP contribution in [-0.2, 0) is 28.9 Å². The van der Waals surface area contributed by atoms with Crippen molar-refractivity contribution in [2.75, 3.05) is 11.9 Å². The third-order valence-electron chi connectivity index (χ3n) is 5.32. The number of thiophene rings is 3. The SMILES string of the molecule is CCOC(=O)c1c(-c2cccs2)csc1NC(=O)Cn1cnc2sc3c(c2c1=O)CCC3. The van der Waals surface area contributed by atoms with Crippen LogP contribution in [0.1, 0.15) is 34.1 Å². The second kappa shape index (κ2) is 8.61. The molecular weight excluding hydrogens is 466 g/mol. The zero-order valence-electron chi connectivity index (χ0n) is 17.2. The molecule has 0 spiro atoms. The van der Waals surface area contributed by atoms with Gasteiger partial charge in [0.25, 0.3) is 5.56 Å². The summed E-state index contributed by atoms with van der Waals surface area (Å²) in [5, 5.41) is 7.62. The van der Waals surface area contributed by atoms with Crippen LogP contribution in [0, 0.1) is 0 Å². The lowest BCUT2D eigenvalue weighted by Crippen LogP contribution is -2.28. The lowest BCUT2D eigenvalue weighted by atomic mass is 10.1. The third kappa shape index (κ3) is 3.68. The number of hydrogen-bond donors (Lipinski definition) is 1. The molecule has 5 rings (SSSR count). The summed E-state index contributed by atoms with van der Waals surface area (Å²) < 4.78 is 6.56. The number of carbonyl (C=O) groups is 2. The van der Waals surface area contributed by atoms with Gasteiger partial charge in [-0.2, -0.15) is 0 Å². The largest absolute Gasteiger partial charge is 0.462 e. The number of esters is 1. The summed E-state index contributed by atoms with van der Waals surface area (Å²) in [6, 6.07) is 3.82. The van der Waals surface area contributed by atoms with Crippen LogP contribution in [0.5, 0.6) is 0 Å². The van der Waals surface area contributed by atoms with Crippen LogP contribution >= 0.6 is 34.0 Å². The Labute approximate surface area is 195 Å². The minimum absolute atomic E-state index is 0.180. The van der Waals surface area contributed by atoms with Crippen molar-refractivity contribution in [3.8, 4) is 10.4 Å². The Morgan fingerprint density at radius 3 is 2.94 bits per heavy atom. The number of aryl methyl sites for hydroxylation is 2. The van der Waals surface area contributed by atoms with Crippen LogP contribution in [0.2, 0.25) is 0 Å². The van der Waals surface area contributed by atoms with Crippen molar-refractivity contribution in [1.29, 1.82) is 0 Å². The Kier molecular flexibility index (Phi) is 5.66. The second-order valence-electron chi connectivity index (χ2n) is 7.31. The molecule has 4 aromatic heterocycles. The number of aromatic nitrogens is 2. The number of ether oxygens (including phenoxy) is 1. The van der Waals surface area contributed by atoms with Crippen LogP contribution in [0.25, 0.3) is 20.7 Å². The van der Waals surface area contributed by atoms with E-state index in [1.165, 1.54) is 38.4 Å². The molecule has 164 valence electrons. The third-order valence-corrected chi connectivity index (χ3v) is 8.31. The van der Waals surface area contributed by atoms with Gasteiger partial charge in [0.1, 0.15) is 21.9 Å². The molecule has 0 saturated carbocycles. The van der Waals surface area contributed by atoms with Gasteiger partial charge in [0.05, 0.1) is 18.3 Å². The molecule has 10 heteroatoms. The van der Waals surface area contributed by atoms with Gasteiger partial charge < -0.3 is 10.1 Å². The minimum atomic E-state index is -0.485. The van der Waals surface area contributed by atoms with E-state index in [1.807, 2.05) is 22.9 Å². The predicted octanol–water partition coefficient (Wildman–Crippen LogP) is 4.55. The molecule has 1 amide bonds. The molecule has 7 nitrogen and oxygen atoms in total. The summed E-state index contributed by atoms with van der Waals surface area (Å²) in [5.74, 6) is -0.883. The van der Waals surface area contributed by atoms with Crippen LogP contribution in [0.3, 0.4) is 0 Å². The zero-order valence-corrected chi connectivity index (χ0v) is 19.6. The van der Waals surface area contributed by atoms with Crippen molar-refractivity contribution in [2.24, 2.45) is 0 Å². The Morgan fingerprint density at radius 1 is 1.28 bits per heavy atom. The summed E-state index contributed by atoms with van der Waals surface area (Å²) >= 11 is 4.34. The molecule has 0 saturated heterocycles. The first kappa shape index (κ1) is 21.0. The normalized spacial score (nSPS) is 12.8. The highest BCUT2D eigenvalue weighted by molar-refractivity contribution is 7.19. The summed E-state index contributed by atoms with van der Waals surface area (Å²) in [6.07, 6.45) is 4.34. The maximum Gasteiger partial charge on any atom is 0.341 e. The van der Waals surface area contributed by atoms with Gasteiger partial charge in [-0.1, -0.05) is 6.07 Å². The zero-order chi connectivity index (χ0) is 22.2. The highest BCUT2D eigenvalue weighted by Crippen LogP contribution is 2.38. The highest BCUT2D eigenvalue weighted by atomic mass is 32.1.